The Balaban J connectivity index is 2.57. The van der Waals surface area contributed by atoms with Gasteiger partial charge < -0.3 is 15.6 Å². The summed E-state index contributed by atoms with van der Waals surface area (Å²) in [5.74, 6) is -0.446. The maximum absolute atomic E-state index is 11.6. The first-order valence-electron chi connectivity index (χ1n) is 7.23. The lowest BCUT2D eigenvalue weighted by Crippen LogP contribution is -2.08. The van der Waals surface area contributed by atoms with Gasteiger partial charge in [-0.1, -0.05) is 23.9 Å². The fraction of sp³-hybridized carbons (Fsp3) is 0.176. The third kappa shape index (κ3) is 4.00. The number of carbonyl (C=O) groups excluding carboxylic acids is 1. The summed E-state index contributed by atoms with van der Waals surface area (Å²) in [6.07, 6.45) is 0. The number of nitrogens with zero attached hydrogens (tertiary/aromatic N) is 3. The number of pyridine rings is 1. The summed E-state index contributed by atoms with van der Waals surface area (Å²) in [7, 11) is 0. The molecular formula is C17H14N4O3S. The molecule has 126 valence electrons. The predicted octanol–water partition coefficient (Wildman–Crippen LogP) is 2.43. The molecule has 8 heteroatoms. The van der Waals surface area contributed by atoms with Gasteiger partial charge in [-0.15, -0.1) is 0 Å². The highest BCUT2D eigenvalue weighted by atomic mass is 32.2. The Morgan fingerprint density at radius 2 is 1.92 bits per heavy atom. The molecule has 7 nitrogen and oxygen atoms in total. The number of aromatic hydroxyl groups is 1. The molecule has 0 amide bonds. The van der Waals surface area contributed by atoms with Crippen LogP contribution in [0, 0.1) is 22.7 Å². The molecular weight excluding hydrogens is 340 g/mol. The van der Waals surface area contributed by atoms with Crippen LogP contribution in [0.25, 0.3) is 11.1 Å². The zero-order valence-corrected chi connectivity index (χ0v) is 14.1. The standard InChI is InChI=1S/C17H14N4O3S/c1-2-24-14(23)9-25-17-13(8-19)15(12(7-18)16(20)21-17)10-3-5-11(22)6-4-10/h3-6,22H,2,9H2,1H3,(H2,20,21). The molecule has 0 saturated heterocycles. The van der Waals surface area contributed by atoms with Crippen LogP contribution in [0.5, 0.6) is 5.75 Å². The van der Waals surface area contributed by atoms with Crippen molar-refractivity contribution in [2.24, 2.45) is 0 Å². The van der Waals surface area contributed by atoms with E-state index in [1.165, 1.54) is 12.1 Å². The number of carbonyl (C=O) groups is 1. The normalized spacial score (nSPS) is 9.88. The van der Waals surface area contributed by atoms with Crippen molar-refractivity contribution in [1.29, 1.82) is 10.5 Å². The number of aromatic nitrogens is 1. The molecule has 2 aromatic rings. The van der Waals surface area contributed by atoms with E-state index in [2.05, 4.69) is 4.98 Å². The van der Waals surface area contributed by atoms with Crippen molar-refractivity contribution in [2.75, 3.05) is 18.1 Å². The number of hydrogen-bond acceptors (Lipinski definition) is 8. The molecule has 0 bridgehead atoms. The topological polar surface area (TPSA) is 133 Å². The van der Waals surface area contributed by atoms with Gasteiger partial charge in [-0.3, -0.25) is 4.79 Å². The van der Waals surface area contributed by atoms with Crippen LogP contribution >= 0.6 is 11.8 Å². The first kappa shape index (κ1) is 18.1. The van der Waals surface area contributed by atoms with Gasteiger partial charge in [-0.25, -0.2) is 4.98 Å². The van der Waals surface area contributed by atoms with Gasteiger partial charge in [0, 0.05) is 5.56 Å². The number of hydrogen-bond donors (Lipinski definition) is 2. The van der Waals surface area contributed by atoms with E-state index in [-0.39, 0.29) is 40.1 Å². The quantitative estimate of drug-likeness (QED) is 0.618. The Morgan fingerprint density at radius 3 is 2.48 bits per heavy atom. The van der Waals surface area contributed by atoms with E-state index < -0.39 is 5.97 Å². The maximum atomic E-state index is 11.6. The number of nitrogens with two attached hydrogens (primary N) is 1. The van der Waals surface area contributed by atoms with E-state index in [0.717, 1.165) is 11.8 Å². The molecule has 0 spiro atoms. The Labute approximate surface area is 148 Å². The number of anilines is 1. The van der Waals surface area contributed by atoms with Gasteiger partial charge in [0.15, 0.2) is 0 Å². The lowest BCUT2D eigenvalue weighted by Gasteiger charge is -2.12. The van der Waals surface area contributed by atoms with Gasteiger partial charge in [0.25, 0.3) is 0 Å². The van der Waals surface area contributed by atoms with Gasteiger partial charge in [-0.2, -0.15) is 10.5 Å². The van der Waals surface area contributed by atoms with Gasteiger partial charge >= 0.3 is 5.97 Å². The van der Waals surface area contributed by atoms with Gasteiger partial charge in [0.1, 0.15) is 34.3 Å². The van der Waals surface area contributed by atoms with Crippen molar-refractivity contribution >= 4 is 23.5 Å². The highest BCUT2D eigenvalue weighted by Gasteiger charge is 2.21. The fourth-order valence-corrected chi connectivity index (χ4v) is 2.94. The average molecular weight is 354 g/mol. The van der Waals surface area contributed by atoms with Gasteiger partial charge in [0.2, 0.25) is 0 Å². The first-order valence-corrected chi connectivity index (χ1v) is 8.21. The van der Waals surface area contributed by atoms with Crippen LogP contribution in [0.4, 0.5) is 5.82 Å². The number of ether oxygens (including phenoxy) is 1. The number of phenolic OH excluding ortho intramolecular Hbond substituents is 1. The summed E-state index contributed by atoms with van der Waals surface area (Å²) in [4.78, 5) is 15.6. The molecule has 2 rings (SSSR count). The molecule has 0 radical (unpaired) electrons. The van der Waals surface area contributed by atoms with Gasteiger partial charge in [0.05, 0.1) is 17.9 Å². The Bertz CT molecular complexity index is 883. The predicted molar refractivity (Wildman–Crippen MR) is 92.5 cm³/mol. The van der Waals surface area contributed by atoms with Crippen LogP contribution in [0.2, 0.25) is 0 Å². The van der Waals surface area contributed by atoms with Crippen LogP contribution < -0.4 is 5.73 Å². The number of rotatable bonds is 5. The van der Waals surface area contributed by atoms with Crippen molar-refractivity contribution in [2.45, 2.75) is 11.9 Å². The number of benzene rings is 1. The summed E-state index contributed by atoms with van der Waals surface area (Å²) >= 11 is 1.02. The second-order valence-electron chi connectivity index (χ2n) is 4.79. The van der Waals surface area contributed by atoms with E-state index in [0.29, 0.717) is 11.1 Å². The Hall–Kier alpha value is -3.23. The molecule has 0 atom stereocenters. The summed E-state index contributed by atoms with van der Waals surface area (Å²) in [6, 6.07) is 10.0. The van der Waals surface area contributed by atoms with Gasteiger partial charge in [-0.05, 0) is 24.6 Å². The molecule has 1 aromatic heterocycles. The minimum atomic E-state index is -0.438. The number of nitrogen functional groups attached to an aromatic ring is 1. The molecule has 1 aromatic carbocycles. The van der Waals surface area contributed by atoms with Crippen molar-refractivity contribution in [3.8, 4) is 29.0 Å². The van der Waals surface area contributed by atoms with Crippen LogP contribution in [-0.4, -0.2) is 28.4 Å². The summed E-state index contributed by atoms with van der Waals surface area (Å²) in [5.41, 5.74) is 6.95. The molecule has 0 fully saturated rings. The molecule has 0 unspecified atom stereocenters. The van der Waals surface area contributed by atoms with Crippen LogP contribution in [-0.2, 0) is 9.53 Å². The molecule has 0 aliphatic heterocycles. The molecule has 1 heterocycles. The number of nitriles is 2. The minimum absolute atomic E-state index is 0.0315. The highest BCUT2D eigenvalue weighted by Crippen LogP contribution is 2.36. The fourth-order valence-electron chi connectivity index (χ4n) is 2.15. The zero-order valence-electron chi connectivity index (χ0n) is 13.3. The highest BCUT2D eigenvalue weighted by molar-refractivity contribution is 7.99. The number of phenols is 1. The molecule has 25 heavy (non-hydrogen) atoms. The minimum Gasteiger partial charge on any atom is -0.508 e. The molecule has 0 aliphatic rings. The molecule has 3 N–H and O–H groups in total. The lowest BCUT2D eigenvalue weighted by molar-refractivity contribution is -0.139. The van der Waals surface area contributed by atoms with E-state index >= 15 is 0 Å². The van der Waals surface area contributed by atoms with E-state index in [9.17, 15) is 20.4 Å². The SMILES string of the molecule is CCOC(=O)CSc1nc(N)c(C#N)c(-c2ccc(O)cc2)c1C#N. The van der Waals surface area contributed by atoms with Crippen LogP contribution in [0.15, 0.2) is 29.3 Å². The van der Waals surface area contributed by atoms with E-state index in [4.69, 9.17) is 10.5 Å². The van der Waals surface area contributed by atoms with Crippen LogP contribution in [0.3, 0.4) is 0 Å². The monoisotopic (exact) mass is 354 g/mol. The van der Waals surface area contributed by atoms with Crippen molar-refractivity contribution in [3.05, 3.63) is 35.4 Å². The smallest absolute Gasteiger partial charge is 0.316 e. The largest absolute Gasteiger partial charge is 0.508 e. The Morgan fingerprint density at radius 1 is 1.28 bits per heavy atom. The van der Waals surface area contributed by atoms with Crippen LogP contribution in [0.1, 0.15) is 18.1 Å². The van der Waals surface area contributed by atoms with Crippen molar-refractivity contribution < 1.29 is 14.6 Å². The number of esters is 1. The maximum Gasteiger partial charge on any atom is 0.316 e. The lowest BCUT2D eigenvalue weighted by atomic mass is 9.97. The third-order valence-corrected chi connectivity index (χ3v) is 4.15. The summed E-state index contributed by atoms with van der Waals surface area (Å²) < 4.78 is 4.86. The zero-order chi connectivity index (χ0) is 18.4. The van der Waals surface area contributed by atoms with E-state index in [1.54, 1.807) is 19.1 Å². The second-order valence-corrected chi connectivity index (χ2v) is 5.76. The summed E-state index contributed by atoms with van der Waals surface area (Å²) in [6.45, 7) is 1.95. The first-order chi connectivity index (χ1) is 12.0. The molecule has 0 saturated carbocycles. The number of thioether (sulfide) groups is 1. The molecule has 0 aliphatic carbocycles. The third-order valence-electron chi connectivity index (χ3n) is 3.20. The second kappa shape index (κ2) is 8.04. The van der Waals surface area contributed by atoms with Crippen molar-refractivity contribution in [1.82, 2.24) is 4.98 Å². The average Bonchev–Trinajstić information content (AvgIpc) is 2.60. The van der Waals surface area contributed by atoms with E-state index in [1.807, 2.05) is 12.1 Å². The van der Waals surface area contributed by atoms with Crippen molar-refractivity contribution in [3.63, 3.8) is 0 Å². The Kier molecular flexibility index (Phi) is 5.83. The summed E-state index contributed by atoms with van der Waals surface area (Å²) in [5, 5.41) is 28.7.